The quantitative estimate of drug-likeness (QED) is 0.864. The van der Waals surface area contributed by atoms with Crippen molar-refractivity contribution in [2.24, 2.45) is 5.41 Å². The number of hydrogen-bond acceptors (Lipinski definition) is 4. The summed E-state index contributed by atoms with van der Waals surface area (Å²) < 4.78 is 28.0. The fourth-order valence-electron chi connectivity index (χ4n) is 2.59. The molecule has 0 amide bonds. The Labute approximate surface area is 124 Å². The van der Waals surface area contributed by atoms with E-state index in [-0.39, 0.29) is 23.0 Å². The highest BCUT2D eigenvalue weighted by molar-refractivity contribution is 8.13. The van der Waals surface area contributed by atoms with Gasteiger partial charge in [-0.15, -0.1) is 0 Å². The number of aromatic hydroxyl groups is 1. The maximum absolute atomic E-state index is 11.1. The first-order chi connectivity index (χ1) is 9.15. The minimum absolute atomic E-state index is 0.0189. The molecule has 20 heavy (non-hydrogen) atoms. The molecule has 112 valence electrons. The van der Waals surface area contributed by atoms with Crippen LogP contribution in [0.2, 0.25) is 0 Å². The van der Waals surface area contributed by atoms with Crippen LogP contribution in [-0.4, -0.2) is 19.6 Å². The molecule has 1 saturated carbocycles. The van der Waals surface area contributed by atoms with E-state index in [1.807, 2.05) is 0 Å². The van der Waals surface area contributed by atoms with Crippen molar-refractivity contribution in [3.8, 4) is 11.5 Å². The molecule has 0 spiro atoms. The zero-order valence-electron chi connectivity index (χ0n) is 11.6. The molecule has 0 bridgehead atoms. The zero-order chi connectivity index (χ0) is 15.0. The smallest absolute Gasteiger partial charge is 0.236 e. The van der Waals surface area contributed by atoms with Crippen LogP contribution in [0.3, 0.4) is 0 Å². The van der Waals surface area contributed by atoms with Gasteiger partial charge in [-0.25, -0.2) is 8.42 Å². The molecule has 1 unspecified atom stereocenters. The van der Waals surface area contributed by atoms with E-state index < -0.39 is 9.05 Å². The van der Waals surface area contributed by atoms with Crippen LogP contribution in [0.25, 0.3) is 0 Å². The second-order valence-electron chi connectivity index (χ2n) is 6.13. The Kier molecular flexibility index (Phi) is 4.21. The fraction of sp³-hybridized carbons (Fsp3) is 0.571. The minimum Gasteiger partial charge on any atom is -0.504 e. The molecule has 4 nitrogen and oxygen atoms in total. The Balaban J connectivity index is 2.13. The topological polar surface area (TPSA) is 63.6 Å². The van der Waals surface area contributed by atoms with Crippen LogP contribution in [-0.2, 0) is 14.8 Å². The molecule has 0 aliphatic heterocycles. The second kappa shape index (κ2) is 5.45. The highest BCUT2D eigenvalue weighted by Gasteiger charge is 2.32. The van der Waals surface area contributed by atoms with E-state index >= 15 is 0 Å². The summed E-state index contributed by atoms with van der Waals surface area (Å²) in [6.07, 6.45) is 2.99. The van der Waals surface area contributed by atoms with Gasteiger partial charge in [0.15, 0.2) is 11.5 Å². The number of halogens is 1. The van der Waals surface area contributed by atoms with E-state index in [4.69, 9.17) is 15.4 Å². The summed E-state index contributed by atoms with van der Waals surface area (Å²) in [5, 5.41) is 9.82. The third kappa shape index (κ3) is 4.28. The predicted molar refractivity (Wildman–Crippen MR) is 78.6 cm³/mol. The van der Waals surface area contributed by atoms with Gasteiger partial charge in [0.25, 0.3) is 0 Å². The Morgan fingerprint density at radius 2 is 2.15 bits per heavy atom. The van der Waals surface area contributed by atoms with Crippen molar-refractivity contribution in [2.45, 2.75) is 45.0 Å². The molecule has 1 aromatic rings. The van der Waals surface area contributed by atoms with Gasteiger partial charge in [-0.05, 0) is 42.4 Å². The summed E-state index contributed by atoms with van der Waals surface area (Å²) in [6, 6.07) is 4.51. The Morgan fingerprint density at radius 1 is 1.45 bits per heavy atom. The molecule has 1 atom stereocenters. The largest absolute Gasteiger partial charge is 0.504 e. The van der Waals surface area contributed by atoms with E-state index in [1.54, 1.807) is 6.07 Å². The van der Waals surface area contributed by atoms with E-state index in [0.29, 0.717) is 11.3 Å². The normalized spacial score (nSPS) is 21.9. The number of hydrogen-bond donors (Lipinski definition) is 1. The molecule has 1 aliphatic rings. The summed E-state index contributed by atoms with van der Waals surface area (Å²) in [5.74, 6) is 0.0670. The second-order valence-corrected chi connectivity index (χ2v) is 8.91. The lowest BCUT2D eigenvalue weighted by molar-refractivity contribution is 0.186. The van der Waals surface area contributed by atoms with Crippen LogP contribution in [0.5, 0.6) is 11.5 Å². The van der Waals surface area contributed by atoms with E-state index in [0.717, 1.165) is 19.3 Å². The first-order valence-electron chi connectivity index (χ1n) is 6.55. The Bertz CT molecular complexity index is 595. The third-order valence-electron chi connectivity index (χ3n) is 3.58. The Morgan fingerprint density at radius 3 is 2.70 bits per heavy atom. The number of rotatable bonds is 4. The van der Waals surface area contributed by atoms with Gasteiger partial charge >= 0.3 is 0 Å². The van der Waals surface area contributed by atoms with Crippen LogP contribution in [0, 0.1) is 5.41 Å². The highest BCUT2D eigenvalue weighted by atomic mass is 35.7. The predicted octanol–water partition coefficient (Wildman–Crippen LogP) is 3.42. The van der Waals surface area contributed by atoms with Crippen molar-refractivity contribution in [2.75, 3.05) is 0 Å². The number of phenols is 1. The van der Waals surface area contributed by atoms with Gasteiger partial charge in [0.1, 0.15) is 0 Å². The van der Waals surface area contributed by atoms with Gasteiger partial charge in [-0.2, -0.15) is 0 Å². The molecule has 0 saturated heterocycles. The lowest BCUT2D eigenvalue weighted by Crippen LogP contribution is -2.15. The average Bonchev–Trinajstić information content (AvgIpc) is 2.61. The molecule has 0 heterocycles. The SMILES string of the molecule is CC1(C)CCC(Oc2cc(CS(=O)(=O)Cl)ccc2O)C1. The summed E-state index contributed by atoms with van der Waals surface area (Å²) in [6.45, 7) is 4.37. The van der Waals surface area contributed by atoms with E-state index in [2.05, 4.69) is 13.8 Å². The van der Waals surface area contributed by atoms with Gasteiger partial charge < -0.3 is 9.84 Å². The number of phenolic OH excluding ortho intramolecular Hbond substituents is 1. The summed E-state index contributed by atoms with van der Waals surface area (Å²) in [5.41, 5.74) is 0.752. The van der Waals surface area contributed by atoms with Crippen LogP contribution in [0.15, 0.2) is 18.2 Å². The van der Waals surface area contributed by atoms with Gasteiger partial charge in [-0.3, -0.25) is 0 Å². The maximum Gasteiger partial charge on any atom is 0.236 e. The molecule has 1 fully saturated rings. The van der Waals surface area contributed by atoms with Gasteiger partial charge in [0.05, 0.1) is 11.9 Å². The van der Waals surface area contributed by atoms with Crippen LogP contribution in [0.4, 0.5) is 0 Å². The first-order valence-corrected chi connectivity index (χ1v) is 9.03. The van der Waals surface area contributed by atoms with Crippen molar-refractivity contribution in [3.63, 3.8) is 0 Å². The molecule has 1 aromatic carbocycles. The van der Waals surface area contributed by atoms with Crippen molar-refractivity contribution in [1.82, 2.24) is 0 Å². The van der Waals surface area contributed by atoms with Crippen molar-refractivity contribution >= 4 is 19.7 Å². The average molecular weight is 319 g/mol. The van der Waals surface area contributed by atoms with Gasteiger partial charge in [0.2, 0.25) is 9.05 Å². The van der Waals surface area contributed by atoms with Crippen LogP contribution >= 0.6 is 10.7 Å². The Hall–Kier alpha value is -0.940. The van der Waals surface area contributed by atoms with Crippen LogP contribution < -0.4 is 4.74 Å². The molecular weight excluding hydrogens is 300 g/mol. The lowest BCUT2D eigenvalue weighted by atomic mass is 9.92. The molecule has 1 N–H and O–H groups in total. The standard InChI is InChI=1S/C14H19ClO4S/c1-14(2)6-5-11(8-14)19-13-7-10(3-4-12(13)16)9-20(15,17)18/h3-4,7,11,16H,5-6,8-9H2,1-2H3. The zero-order valence-corrected chi connectivity index (χ0v) is 13.2. The first kappa shape index (κ1) is 15.4. The summed E-state index contributed by atoms with van der Waals surface area (Å²) in [4.78, 5) is 0. The monoisotopic (exact) mass is 318 g/mol. The lowest BCUT2D eigenvalue weighted by Gasteiger charge is -2.18. The fourth-order valence-corrected chi connectivity index (χ4v) is 3.55. The van der Waals surface area contributed by atoms with Crippen molar-refractivity contribution < 1.29 is 18.3 Å². The van der Waals surface area contributed by atoms with Gasteiger partial charge in [-0.1, -0.05) is 19.9 Å². The molecular formula is C14H19ClO4S. The highest BCUT2D eigenvalue weighted by Crippen LogP contribution is 2.40. The number of benzene rings is 1. The number of ether oxygens (including phenoxy) is 1. The van der Waals surface area contributed by atoms with Crippen molar-refractivity contribution in [1.29, 1.82) is 0 Å². The minimum atomic E-state index is -3.62. The van der Waals surface area contributed by atoms with Crippen LogP contribution in [0.1, 0.15) is 38.7 Å². The maximum atomic E-state index is 11.1. The molecule has 0 aromatic heterocycles. The summed E-state index contributed by atoms with van der Waals surface area (Å²) in [7, 11) is 1.62. The van der Waals surface area contributed by atoms with Gasteiger partial charge in [0, 0.05) is 10.7 Å². The molecule has 0 radical (unpaired) electrons. The van der Waals surface area contributed by atoms with E-state index in [9.17, 15) is 13.5 Å². The van der Waals surface area contributed by atoms with Crippen molar-refractivity contribution in [3.05, 3.63) is 23.8 Å². The summed E-state index contributed by atoms with van der Waals surface area (Å²) >= 11 is 0. The van der Waals surface area contributed by atoms with E-state index in [1.165, 1.54) is 12.1 Å². The molecule has 2 rings (SSSR count). The third-order valence-corrected chi connectivity index (χ3v) is 4.59. The molecule has 6 heteroatoms. The molecule has 1 aliphatic carbocycles.